The van der Waals surface area contributed by atoms with Gasteiger partial charge < -0.3 is 9.64 Å². The molecule has 134 valence electrons. The lowest BCUT2D eigenvalue weighted by Crippen LogP contribution is -2.54. The summed E-state index contributed by atoms with van der Waals surface area (Å²) in [5.74, 6) is 1.03. The number of amides is 1. The van der Waals surface area contributed by atoms with Crippen molar-refractivity contribution in [2.75, 3.05) is 18.6 Å². The zero-order valence-electron chi connectivity index (χ0n) is 15.3. The van der Waals surface area contributed by atoms with Crippen molar-refractivity contribution in [2.24, 2.45) is 0 Å². The molecule has 26 heavy (non-hydrogen) atoms. The van der Waals surface area contributed by atoms with Gasteiger partial charge in [0.15, 0.2) is 0 Å². The van der Waals surface area contributed by atoms with Crippen LogP contribution < -0.4 is 9.64 Å². The van der Waals surface area contributed by atoms with Gasteiger partial charge in [0, 0.05) is 12.6 Å². The molecule has 2 fully saturated rings. The number of anilines is 1. The Bertz CT molecular complexity index is 853. The van der Waals surface area contributed by atoms with Crippen molar-refractivity contribution in [3.05, 3.63) is 59.2 Å². The number of fused-ring (bicyclic) bond motifs is 3. The Labute approximate surface area is 154 Å². The second-order valence-electron chi connectivity index (χ2n) is 7.82. The highest BCUT2D eigenvalue weighted by Gasteiger charge is 2.53. The summed E-state index contributed by atoms with van der Waals surface area (Å²) in [6.07, 6.45) is 3.07. The number of hydrogen-bond acceptors (Lipinski definition) is 3. The summed E-state index contributed by atoms with van der Waals surface area (Å²) in [5.41, 5.74) is 4.98. The van der Waals surface area contributed by atoms with E-state index in [1.165, 1.54) is 11.1 Å². The lowest BCUT2D eigenvalue weighted by Gasteiger charge is -2.37. The number of ether oxygens (including phenoxy) is 1. The molecule has 0 aromatic heterocycles. The first-order valence-corrected chi connectivity index (χ1v) is 9.46. The lowest BCUT2D eigenvalue weighted by atomic mass is 10.1. The minimum atomic E-state index is 0.0181. The Kier molecular flexibility index (Phi) is 3.57. The number of likely N-dealkylation sites (tertiary alicyclic amines) is 1. The fourth-order valence-corrected chi connectivity index (χ4v) is 5.09. The van der Waals surface area contributed by atoms with Gasteiger partial charge >= 0.3 is 0 Å². The smallest absolute Gasteiger partial charge is 0.244 e. The molecule has 2 saturated heterocycles. The molecule has 4 heteroatoms. The van der Waals surface area contributed by atoms with Crippen LogP contribution in [-0.4, -0.2) is 42.6 Å². The van der Waals surface area contributed by atoms with Gasteiger partial charge in [0.1, 0.15) is 5.75 Å². The third-order valence-electron chi connectivity index (χ3n) is 6.30. The topological polar surface area (TPSA) is 32.8 Å². The molecule has 2 aromatic carbocycles. The average molecular weight is 348 g/mol. The zero-order chi connectivity index (χ0) is 17.8. The standard InChI is InChI=1S/C22H24N2O2/c1-14-7-8-21(26-2)19(9-14)24-18-12-20(22(24)25)23(13-18)17-10-15-5-3-4-6-16(15)11-17/h3-9,17-18,20H,10-13H2,1-2H3/t18-,20-/m0/s1. The summed E-state index contributed by atoms with van der Waals surface area (Å²) in [6.45, 7) is 3.02. The molecule has 5 rings (SSSR count). The number of carbonyl (C=O) groups excluding carboxylic acids is 1. The summed E-state index contributed by atoms with van der Waals surface area (Å²) in [4.78, 5) is 17.7. The van der Waals surface area contributed by atoms with Gasteiger partial charge in [0.2, 0.25) is 5.91 Å². The summed E-state index contributed by atoms with van der Waals surface area (Å²) in [5, 5.41) is 0. The molecule has 1 amide bonds. The fraction of sp³-hybridized carbons (Fsp3) is 0.409. The molecule has 0 unspecified atom stereocenters. The third kappa shape index (κ3) is 2.28. The third-order valence-corrected chi connectivity index (χ3v) is 6.30. The summed E-state index contributed by atoms with van der Waals surface area (Å²) in [6, 6.07) is 15.5. The molecular weight excluding hydrogens is 324 g/mol. The lowest BCUT2D eigenvalue weighted by molar-refractivity contribution is -0.123. The Morgan fingerprint density at radius 2 is 1.77 bits per heavy atom. The highest BCUT2D eigenvalue weighted by Crippen LogP contribution is 2.42. The molecule has 1 aliphatic carbocycles. The van der Waals surface area contributed by atoms with Crippen molar-refractivity contribution in [2.45, 2.75) is 44.3 Å². The first-order chi connectivity index (χ1) is 12.7. The molecule has 2 aliphatic heterocycles. The Hall–Kier alpha value is -2.33. The van der Waals surface area contributed by atoms with Crippen molar-refractivity contribution in [3.8, 4) is 5.75 Å². The molecule has 0 saturated carbocycles. The highest BCUT2D eigenvalue weighted by molar-refractivity contribution is 6.02. The van der Waals surface area contributed by atoms with E-state index in [1.54, 1.807) is 7.11 Å². The van der Waals surface area contributed by atoms with Crippen molar-refractivity contribution >= 4 is 11.6 Å². The molecule has 2 atom stereocenters. The number of aryl methyl sites for hydroxylation is 1. The molecule has 2 aromatic rings. The quantitative estimate of drug-likeness (QED) is 0.855. The van der Waals surface area contributed by atoms with Gasteiger partial charge in [-0.3, -0.25) is 9.69 Å². The predicted molar refractivity (Wildman–Crippen MR) is 102 cm³/mol. The van der Waals surface area contributed by atoms with Crippen LogP contribution in [0.15, 0.2) is 42.5 Å². The van der Waals surface area contributed by atoms with Crippen LogP contribution in [0.5, 0.6) is 5.75 Å². The largest absolute Gasteiger partial charge is 0.495 e. The van der Waals surface area contributed by atoms with E-state index in [1.807, 2.05) is 17.0 Å². The number of methoxy groups -OCH3 is 1. The molecule has 0 N–H and O–H groups in total. The Morgan fingerprint density at radius 1 is 1.04 bits per heavy atom. The summed E-state index contributed by atoms with van der Waals surface area (Å²) >= 11 is 0. The molecule has 0 spiro atoms. The molecular formula is C22H24N2O2. The zero-order valence-corrected chi connectivity index (χ0v) is 15.3. The van der Waals surface area contributed by atoms with E-state index in [0.29, 0.717) is 6.04 Å². The van der Waals surface area contributed by atoms with Crippen molar-refractivity contribution in [3.63, 3.8) is 0 Å². The van der Waals surface area contributed by atoms with E-state index in [0.717, 1.165) is 42.8 Å². The van der Waals surface area contributed by atoms with E-state index < -0.39 is 0 Å². The van der Waals surface area contributed by atoms with E-state index >= 15 is 0 Å². The van der Waals surface area contributed by atoms with Gasteiger partial charge in [-0.15, -0.1) is 0 Å². The average Bonchev–Trinajstić information content (AvgIpc) is 3.33. The number of rotatable bonds is 3. The number of carbonyl (C=O) groups is 1. The minimum Gasteiger partial charge on any atom is -0.495 e. The van der Waals surface area contributed by atoms with Gasteiger partial charge in [-0.2, -0.15) is 0 Å². The molecule has 2 heterocycles. The summed E-state index contributed by atoms with van der Waals surface area (Å²) in [7, 11) is 1.68. The monoisotopic (exact) mass is 348 g/mol. The fourth-order valence-electron chi connectivity index (χ4n) is 5.09. The van der Waals surface area contributed by atoms with Gasteiger partial charge in [0.25, 0.3) is 0 Å². The Morgan fingerprint density at radius 3 is 2.42 bits per heavy atom. The number of piperazine rings is 1. The van der Waals surface area contributed by atoms with Gasteiger partial charge in [-0.1, -0.05) is 30.3 Å². The first kappa shape index (κ1) is 15.9. The van der Waals surface area contributed by atoms with Crippen LogP contribution in [0.2, 0.25) is 0 Å². The Balaban J connectivity index is 1.40. The van der Waals surface area contributed by atoms with Gasteiger partial charge in [-0.05, 0) is 55.0 Å². The van der Waals surface area contributed by atoms with E-state index in [9.17, 15) is 4.79 Å². The second kappa shape index (κ2) is 5.85. The van der Waals surface area contributed by atoms with Crippen LogP contribution >= 0.6 is 0 Å². The van der Waals surface area contributed by atoms with E-state index in [4.69, 9.17) is 4.74 Å². The minimum absolute atomic E-state index is 0.0181. The highest BCUT2D eigenvalue weighted by atomic mass is 16.5. The van der Waals surface area contributed by atoms with Gasteiger partial charge in [0.05, 0.1) is 24.9 Å². The maximum Gasteiger partial charge on any atom is 0.244 e. The van der Waals surface area contributed by atoms with Crippen LogP contribution in [0.25, 0.3) is 0 Å². The second-order valence-corrected chi connectivity index (χ2v) is 7.82. The van der Waals surface area contributed by atoms with Crippen LogP contribution in [0.3, 0.4) is 0 Å². The number of nitrogens with zero attached hydrogens (tertiary/aromatic N) is 2. The van der Waals surface area contributed by atoms with Crippen molar-refractivity contribution < 1.29 is 9.53 Å². The molecule has 3 aliphatic rings. The van der Waals surface area contributed by atoms with Crippen LogP contribution in [0.1, 0.15) is 23.1 Å². The van der Waals surface area contributed by atoms with E-state index in [2.05, 4.69) is 42.2 Å². The van der Waals surface area contributed by atoms with Gasteiger partial charge in [-0.25, -0.2) is 0 Å². The molecule has 0 radical (unpaired) electrons. The predicted octanol–water partition coefficient (Wildman–Crippen LogP) is 2.96. The maximum atomic E-state index is 13.2. The number of hydrogen-bond donors (Lipinski definition) is 0. The first-order valence-electron chi connectivity index (χ1n) is 9.46. The van der Waals surface area contributed by atoms with Crippen LogP contribution in [0, 0.1) is 6.92 Å². The van der Waals surface area contributed by atoms with Crippen molar-refractivity contribution in [1.29, 1.82) is 0 Å². The van der Waals surface area contributed by atoms with E-state index in [-0.39, 0.29) is 18.0 Å². The molecule has 4 nitrogen and oxygen atoms in total. The normalized spacial score (nSPS) is 25.2. The van der Waals surface area contributed by atoms with Crippen LogP contribution in [-0.2, 0) is 17.6 Å². The van der Waals surface area contributed by atoms with Crippen LogP contribution in [0.4, 0.5) is 5.69 Å². The summed E-state index contributed by atoms with van der Waals surface area (Å²) < 4.78 is 5.53. The maximum absolute atomic E-state index is 13.2. The van der Waals surface area contributed by atoms with Crippen molar-refractivity contribution in [1.82, 2.24) is 4.90 Å². The SMILES string of the molecule is COc1ccc(C)cc1N1C(=O)[C@@H]2C[C@H]1CN2C1Cc2ccccc2C1. The number of benzene rings is 2. The molecule has 2 bridgehead atoms.